The summed E-state index contributed by atoms with van der Waals surface area (Å²) in [4.78, 5) is 0. The van der Waals surface area contributed by atoms with Crippen molar-refractivity contribution in [1.29, 1.82) is 0 Å². The number of hydrogen-bond donors (Lipinski definition) is 1. The zero-order valence-electron chi connectivity index (χ0n) is 13.1. The molecule has 2 aromatic carbocycles. The quantitative estimate of drug-likeness (QED) is 0.625. The minimum atomic E-state index is 0.141. The molecule has 1 atom stereocenters. The highest BCUT2D eigenvalue weighted by atomic mass is 79.9. The molecule has 0 saturated heterocycles. The minimum Gasteiger partial charge on any atom is -0.489 e. The van der Waals surface area contributed by atoms with E-state index in [4.69, 9.17) is 4.74 Å². The van der Waals surface area contributed by atoms with E-state index in [9.17, 15) is 0 Å². The van der Waals surface area contributed by atoms with E-state index in [0.717, 1.165) is 26.8 Å². The van der Waals surface area contributed by atoms with Gasteiger partial charge >= 0.3 is 0 Å². The molecule has 4 heteroatoms. The molecular formula is C18H21Br2NO. The Labute approximate surface area is 149 Å². The van der Waals surface area contributed by atoms with Crippen LogP contribution in [0.3, 0.4) is 0 Å². The van der Waals surface area contributed by atoms with E-state index in [-0.39, 0.29) is 12.1 Å². The molecule has 22 heavy (non-hydrogen) atoms. The van der Waals surface area contributed by atoms with Crippen LogP contribution in [0.25, 0.3) is 0 Å². The number of rotatable bonds is 6. The van der Waals surface area contributed by atoms with E-state index < -0.39 is 0 Å². The van der Waals surface area contributed by atoms with Crippen LogP contribution in [0.15, 0.2) is 51.4 Å². The summed E-state index contributed by atoms with van der Waals surface area (Å²) >= 11 is 7.15. The summed E-state index contributed by atoms with van der Waals surface area (Å²) < 4.78 is 7.97. The third-order valence-electron chi connectivity index (χ3n) is 3.34. The summed E-state index contributed by atoms with van der Waals surface area (Å²) in [7, 11) is 0. The zero-order chi connectivity index (χ0) is 16.1. The standard InChI is InChI=1S/C18H21Br2NO/c1-12(2)22-18-15(9-16(19)10-17(18)20)11-21-13(3)14-7-5-4-6-8-14/h4-10,12-13,21H,11H2,1-3H3/t13-/m0/s1. The summed E-state index contributed by atoms with van der Waals surface area (Å²) in [5, 5.41) is 3.56. The van der Waals surface area contributed by atoms with Crippen LogP contribution in [0.2, 0.25) is 0 Å². The SMILES string of the molecule is CC(C)Oc1c(Br)cc(Br)cc1CN[C@@H](C)c1ccccc1. The van der Waals surface area contributed by atoms with Crippen LogP contribution >= 0.6 is 31.9 Å². The van der Waals surface area contributed by atoms with Crippen LogP contribution in [0, 0.1) is 0 Å². The lowest BCUT2D eigenvalue weighted by Crippen LogP contribution is -2.19. The first-order valence-corrected chi connectivity index (χ1v) is 8.99. The molecule has 118 valence electrons. The Kier molecular flexibility index (Phi) is 6.48. The van der Waals surface area contributed by atoms with Gasteiger partial charge < -0.3 is 10.1 Å². The average Bonchev–Trinajstić information content (AvgIpc) is 2.48. The van der Waals surface area contributed by atoms with Crippen molar-refractivity contribution >= 4 is 31.9 Å². The van der Waals surface area contributed by atoms with E-state index in [0.29, 0.717) is 0 Å². The second kappa shape index (κ2) is 8.14. The summed E-state index contributed by atoms with van der Waals surface area (Å²) in [6, 6.07) is 14.9. The third-order valence-corrected chi connectivity index (χ3v) is 4.38. The van der Waals surface area contributed by atoms with E-state index in [1.165, 1.54) is 5.56 Å². The fraction of sp³-hybridized carbons (Fsp3) is 0.333. The summed E-state index contributed by atoms with van der Waals surface area (Å²) in [6.07, 6.45) is 0.141. The Bertz CT molecular complexity index is 614. The normalized spacial score (nSPS) is 12.5. The van der Waals surface area contributed by atoms with Gasteiger partial charge in [0.2, 0.25) is 0 Å². The predicted molar refractivity (Wildman–Crippen MR) is 99.3 cm³/mol. The first-order valence-electron chi connectivity index (χ1n) is 7.40. The molecule has 0 aliphatic rings. The predicted octanol–water partition coefficient (Wildman–Crippen LogP) is 5.85. The van der Waals surface area contributed by atoms with Gasteiger partial charge in [-0.2, -0.15) is 0 Å². The molecule has 0 bridgehead atoms. The maximum absolute atomic E-state index is 5.96. The monoisotopic (exact) mass is 425 g/mol. The topological polar surface area (TPSA) is 21.3 Å². The first kappa shape index (κ1) is 17.5. The third kappa shape index (κ3) is 4.83. The van der Waals surface area contributed by atoms with Crippen molar-refractivity contribution in [2.24, 2.45) is 0 Å². The summed E-state index contributed by atoms with van der Waals surface area (Å²) in [5.41, 5.74) is 2.42. The second-order valence-electron chi connectivity index (χ2n) is 5.56. The molecule has 0 amide bonds. The molecule has 0 fully saturated rings. The fourth-order valence-corrected chi connectivity index (χ4v) is 3.64. The Balaban J connectivity index is 2.15. The molecule has 0 aliphatic heterocycles. The largest absolute Gasteiger partial charge is 0.489 e. The minimum absolute atomic E-state index is 0.141. The van der Waals surface area contributed by atoms with E-state index in [1.807, 2.05) is 26.0 Å². The molecule has 2 nitrogen and oxygen atoms in total. The second-order valence-corrected chi connectivity index (χ2v) is 7.33. The smallest absolute Gasteiger partial charge is 0.138 e. The lowest BCUT2D eigenvalue weighted by atomic mass is 10.1. The number of ether oxygens (including phenoxy) is 1. The van der Waals surface area contributed by atoms with Crippen molar-refractivity contribution in [3.8, 4) is 5.75 Å². The Morgan fingerprint density at radius 1 is 1.05 bits per heavy atom. The highest BCUT2D eigenvalue weighted by Gasteiger charge is 2.13. The number of hydrogen-bond acceptors (Lipinski definition) is 2. The van der Waals surface area contributed by atoms with Gasteiger partial charge in [-0.05, 0) is 54.4 Å². The molecule has 2 aromatic rings. The van der Waals surface area contributed by atoms with Crippen LogP contribution in [0.5, 0.6) is 5.75 Å². The maximum atomic E-state index is 5.96. The van der Waals surface area contributed by atoms with Crippen molar-refractivity contribution in [2.75, 3.05) is 0 Å². The fourth-order valence-electron chi connectivity index (χ4n) is 2.24. The Morgan fingerprint density at radius 3 is 2.36 bits per heavy atom. The number of nitrogens with one attached hydrogen (secondary N) is 1. The van der Waals surface area contributed by atoms with Gasteiger partial charge in [-0.15, -0.1) is 0 Å². The lowest BCUT2D eigenvalue weighted by molar-refractivity contribution is 0.237. The summed E-state index contributed by atoms with van der Waals surface area (Å²) in [6.45, 7) is 7.00. The van der Waals surface area contributed by atoms with Crippen LogP contribution in [-0.2, 0) is 6.54 Å². The van der Waals surface area contributed by atoms with Gasteiger partial charge in [0.05, 0.1) is 10.6 Å². The van der Waals surface area contributed by atoms with Crippen LogP contribution < -0.4 is 10.1 Å². The zero-order valence-corrected chi connectivity index (χ0v) is 16.2. The van der Waals surface area contributed by atoms with E-state index in [2.05, 4.69) is 74.4 Å². The van der Waals surface area contributed by atoms with Crippen molar-refractivity contribution in [1.82, 2.24) is 5.32 Å². The molecule has 0 saturated carbocycles. The van der Waals surface area contributed by atoms with Gasteiger partial charge in [0.15, 0.2) is 0 Å². The molecule has 0 heterocycles. The van der Waals surface area contributed by atoms with E-state index >= 15 is 0 Å². The highest BCUT2D eigenvalue weighted by Crippen LogP contribution is 2.34. The molecule has 0 radical (unpaired) electrons. The molecule has 0 aliphatic carbocycles. The lowest BCUT2D eigenvalue weighted by Gasteiger charge is -2.19. The van der Waals surface area contributed by atoms with Gasteiger partial charge in [0, 0.05) is 22.6 Å². The van der Waals surface area contributed by atoms with Crippen LogP contribution in [0.4, 0.5) is 0 Å². The molecule has 1 N–H and O–H groups in total. The molecule has 2 rings (SSSR count). The molecule has 0 unspecified atom stereocenters. The van der Waals surface area contributed by atoms with Crippen LogP contribution in [0.1, 0.15) is 37.9 Å². The van der Waals surface area contributed by atoms with Gasteiger partial charge in [-0.25, -0.2) is 0 Å². The molecular weight excluding hydrogens is 406 g/mol. The van der Waals surface area contributed by atoms with Gasteiger partial charge in [-0.3, -0.25) is 0 Å². The van der Waals surface area contributed by atoms with Gasteiger partial charge in [0.25, 0.3) is 0 Å². The van der Waals surface area contributed by atoms with E-state index in [1.54, 1.807) is 0 Å². The number of benzene rings is 2. The number of halogens is 2. The molecule has 0 aromatic heterocycles. The van der Waals surface area contributed by atoms with Gasteiger partial charge in [0.1, 0.15) is 5.75 Å². The van der Waals surface area contributed by atoms with Crippen molar-refractivity contribution < 1.29 is 4.74 Å². The highest BCUT2D eigenvalue weighted by molar-refractivity contribution is 9.11. The van der Waals surface area contributed by atoms with Crippen molar-refractivity contribution in [2.45, 2.75) is 39.5 Å². The first-order chi connectivity index (χ1) is 10.5. The molecule has 0 spiro atoms. The van der Waals surface area contributed by atoms with Gasteiger partial charge in [-0.1, -0.05) is 46.3 Å². The maximum Gasteiger partial charge on any atom is 0.138 e. The Morgan fingerprint density at radius 2 is 1.73 bits per heavy atom. The average molecular weight is 427 g/mol. The Hall–Kier alpha value is -0.840. The van der Waals surface area contributed by atoms with Crippen LogP contribution in [-0.4, -0.2) is 6.10 Å². The van der Waals surface area contributed by atoms with Crippen molar-refractivity contribution in [3.05, 3.63) is 62.5 Å². The summed E-state index contributed by atoms with van der Waals surface area (Å²) in [5.74, 6) is 0.908. The van der Waals surface area contributed by atoms with Crippen molar-refractivity contribution in [3.63, 3.8) is 0 Å².